The number of hydrogen-bond acceptors (Lipinski definition) is 6. The Morgan fingerprint density at radius 1 is 1.20 bits per heavy atom. The van der Waals surface area contributed by atoms with Crippen LogP contribution in [0.5, 0.6) is 0 Å². The summed E-state index contributed by atoms with van der Waals surface area (Å²) in [5, 5.41) is 5.29. The van der Waals surface area contributed by atoms with Crippen LogP contribution >= 0.6 is 11.3 Å². The van der Waals surface area contributed by atoms with Crippen LogP contribution in [0.4, 0.5) is 19.1 Å². The van der Waals surface area contributed by atoms with Gasteiger partial charge in [-0.2, -0.15) is 18.2 Å². The summed E-state index contributed by atoms with van der Waals surface area (Å²) >= 11 is 1.33. The number of anilines is 1. The molecule has 0 aliphatic rings. The molecule has 1 N–H and O–H groups in total. The van der Waals surface area contributed by atoms with E-state index in [4.69, 9.17) is 4.52 Å². The van der Waals surface area contributed by atoms with Crippen LogP contribution in [0, 0.1) is 0 Å². The molecule has 0 aliphatic carbocycles. The van der Waals surface area contributed by atoms with Gasteiger partial charge in [0.15, 0.2) is 0 Å². The molecule has 0 atom stereocenters. The number of nitrogens with zero attached hydrogens (tertiary/aromatic N) is 2. The molecule has 0 bridgehead atoms. The minimum atomic E-state index is -4.55. The van der Waals surface area contributed by atoms with Gasteiger partial charge in [-0.3, -0.25) is 0 Å². The van der Waals surface area contributed by atoms with Crippen molar-refractivity contribution in [3.8, 4) is 10.8 Å². The minimum Gasteiger partial charge on any atom is -0.331 e. The number of halogens is 3. The smallest absolute Gasteiger partial charge is 0.331 e. The molecule has 0 unspecified atom stereocenters. The van der Waals surface area contributed by atoms with E-state index in [1.807, 2.05) is 0 Å². The molecule has 0 amide bonds. The Bertz CT molecular complexity index is 967. The van der Waals surface area contributed by atoms with Crippen molar-refractivity contribution in [1.82, 2.24) is 10.1 Å². The van der Waals surface area contributed by atoms with Crippen LogP contribution in [0.25, 0.3) is 10.8 Å². The number of nitrogens with one attached hydrogen (secondary N) is 1. The third-order valence-electron chi connectivity index (χ3n) is 3.02. The maximum atomic E-state index is 12.7. The first kappa shape index (κ1) is 17.4. The average molecular weight is 389 g/mol. The first-order valence-corrected chi connectivity index (χ1v) is 9.30. The van der Waals surface area contributed by atoms with Gasteiger partial charge in [0.05, 0.1) is 16.2 Å². The molecule has 3 rings (SSSR count). The first-order valence-electron chi connectivity index (χ1n) is 6.77. The van der Waals surface area contributed by atoms with E-state index in [9.17, 15) is 21.6 Å². The van der Waals surface area contributed by atoms with Crippen LogP contribution in [0.3, 0.4) is 0 Å². The minimum absolute atomic E-state index is 0.00991. The third-order valence-corrected chi connectivity index (χ3v) is 5.08. The number of benzene rings is 1. The Morgan fingerprint density at radius 2 is 2.00 bits per heavy atom. The van der Waals surface area contributed by atoms with Crippen LogP contribution in [0.15, 0.2) is 46.3 Å². The largest absolute Gasteiger partial charge is 0.416 e. The molecule has 0 saturated carbocycles. The Balaban J connectivity index is 1.75. The fraction of sp³-hybridized carbons (Fsp3) is 0.143. The average Bonchev–Trinajstić information content (AvgIpc) is 3.16. The SMILES string of the molecule is O=S(=O)(Cc1cccc(C(F)(F)F)c1)Nc1noc(-c2cccs2)n1. The van der Waals surface area contributed by atoms with Crippen LogP contribution in [0.1, 0.15) is 11.1 Å². The highest BCUT2D eigenvalue weighted by molar-refractivity contribution is 7.91. The number of thiophene rings is 1. The summed E-state index contributed by atoms with van der Waals surface area (Å²) in [5.74, 6) is -0.790. The molecule has 0 saturated heterocycles. The summed E-state index contributed by atoms with van der Waals surface area (Å²) in [6.45, 7) is 0. The highest BCUT2D eigenvalue weighted by atomic mass is 32.2. The maximum absolute atomic E-state index is 12.7. The van der Waals surface area contributed by atoms with E-state index in [2.05, 4.69) is 14.9 Å². The molecule has 25 heavy (non-hydrogen) atoms. The lowest BCUT2D eigenvalue weighted by molar-refractivity contribution is -0.137. The molecule has 3 aromatic rings. The van der Waals surface area contributed by atoms with Crippen molar-refractivity contribution in [1.29, 1.82) is 0 Å². The Kier molecular flexibility index (Phi) is 4.52. The van der Waals surface area contributed by atoms with Crippen LogP contribution in [-0.4, -0.2) is 18.6 Å². The summed E-state index contributed by atoms with van der Waals surface area (Å²) in [6.07, 6.45) is -4.55. The lowest BCUT2D eigenvalue weighted by Crippen LogP contribution is -2.16. The number of alkyl halides is 3. The molecule has 1 aromatic carbocycles. The normalized spacial score (nSPS) is 12.3. The highest BCUT2D eigenvalue weighted by Gasteiger charge is 2.30. The standard InChI is InChI=1S/C14H10F3N3O3S2/c15-14(16,17)10-4-1-3-9(7-10)8-25(21,22)20-13-18-12(23-19-13)11-5-2-6-24-11/h1-7H,8H2,(H,19,20). The van der Waals surface area contributed by atoms with Gasteiger partial charge in [-0.25, -0.2) is 13.1 Å². The second-order valence-corrected chi connectivity index (χ2v) is 7.63. The number of sulfonamides is 1. The predicted molar refractivity (Wildman–Crippen MR) is 85.3 cm³/mol. The van der Waals surface area contributed by atoms with E-state index in [0.29, 0.717) is 4.88 Å². The number of hydrogen-bond donors (Lipinski definition) is 1. The molecule has 0 spiro atoms. The van der Waals surface area contributed by atoms with Gasteiger partial charge < -0.3 is 4.52 Å². The first-order chi connectivity index (χ1) is 11.7. The fourth-order valence-corrected chi connectivity index (χ4v) is 3.69. The molecule has 0 radical (unpaired) electrons. The zero-order chi connectivity index (χ0) is 18.1. The lowest BCUT2D eigenvalue weighted by Gasteiger charge is -2.09. The van der Waals surface area contributed by atoms with E-state index in [1.165, 1.54) is 17.4 Å². The molecular formula is C14H10F3N3O3S2. The molecule has 2 aromatic heterocycles. The maximum Gasteiger partial charge on any atom is 0.416 e. The van der Waals surface area contributed by atoms with E-state index < -0.39 is 27.5 Å². The molecule has 11 heteroatoms. The monoisotopic (exact) mass is 389 g/mol. The number of aromatic nitrogens is 2. The van der Waals surface area contributed by atoms with Crippen molar-refractivity contribution in [2.45, 2.75) is 11.9 Å². The Morgan fingerprint density at radius 3 is 2.68 bits per heavy atom. The van der Waals surface area contributed by atoms with Crippen molar-refractivity contribution in [3.05, 3.63) is 52.9 Å². The molecule has 0 fully saturated rings. The van der Waals surface area contributed by atoms with Gasteiger partial charge in [-0.15, -0.1) is 11.3 Å². The van der Waals surface area contributed by atoms with Gasteiger partial charge in [0.1, 0.15) is 0 Å². The van der Waals surface area contributed by atoms with Crippen LogP contribution in [0.2, 0.25) is 0 Å². The van der Waals surface area contributed by atoms with Gasteiger partial charge >= 0.3 is 6.18 Å². The highest BCUT2D eigenvalue weighted by Crippen LogP contribution is 2.30. The van der Waals surface area contributed by atoms with Crippen LogP contribution in [-0.2, 0) is 22.0 Å². The topological polar surface area (TPSA) is 85.1 Å². The number of rotatable bonds is 5. The van der Waals surface area contributed by atoms with E-state index in [1.54, 1.807) is 17.5 Å². The van der Waals surface area contributed by atoms with Crippen molar-refractivity contribution in [2.24, 2.45) is 0 Å². The quantitative estimate of drug-likeness (QED) is 0.718. The molecule has 0 aliphatic heterocycles. The summed E-state index contributed by atoms with van der Waals surface area (Å²) in [6, 6.07) is 7.59. The summed E-state index contributed by atoms with van der Waals surface area (Å²) in [4.78, 5) is 4.56. The Hall–Kier alpha value is -2.40. The van der Waals surface area contributed by atoms with Gasteiger partial charge in [0.25, 0.3) is 11.8 Å². The molecule has 2 heterocycles. The Labute approximate surface area is 144 Å². The summed E-state index contributed by atoms with van der Waals surface area (Å²) < 4.78 is 69.3. The van der Waals surface area contributed by atoms with Crippen LogP contribution < -0.4 is 4.72 Å². The lowest BCUT2D eigenvalue weighted by atomic mass is 10.1. The van der Waals surface area contributed by atoms with E-state index in [-0.39, 0.29) is 17.4 Å². The second kappa shape index (κ2) is 6.48. The van der Waals surface area contributed by atoms with Crippen molar-refractivity contribution < 1.29 is 26.1 Å². The van der Waals surface area contributed by atoms with E-state index >= 15 is 0 Å². The van der Waals surface area contributed by atoms with E-state index in [0.717, 1.165) is 18.2 Å². The zero-order valence-electron chi connectivity index (χ0n) is 12.3. The summed E-state index contributed by atoms with van der Waals surface area (Å²) in [5.41, 5.74) is -0.927. The molecule has 6 nitrogen and oxygen atoms in total. The predicted octanol–water partition coefficient (Wildman–Crippen LogP) is 3.76. The third kappa shape index (κ3) is 4.37. The summed E-state index contributed by atoms with van der Waals surface area (Å²) in [7, 11) is -4.00. The second-order valence-electron chi connectivity index (χ2n) is 4.96. The van der Waals surface area contributed by atoms with Crippen molar-refractivity contribution in [2.75, 3.05) is 4.72 Å². The zero-order valence-corrected chi connectivity index (χ0v) is 14.0. The van der Waals surface area contributed by atoms with Gasteiger partial charge in [-0.05, 0) is 28.2 Å². The fourth-order valence-electron chi connectivity index (χ4n) is 2.00. The van der Waals surface area contributed by atoms with Crippen molar-refractivity contribution >= 4 is 27.3 Å². The van der Waals surface area contributed by atoms with Crippen molar-refractivity contribution in [3.63, 3.8) is 0 Å². The molecule has 132 valence electrons. The molecular weight excluding hydrogens is 379 g/mol. The van der Waals surface area contributed by atoms with Gasteiger partial charge in [0, 0.05) is 0 Å². The van der Waals surface area contributed by atoms with Gasteiger partial charge in [0.2, 0.25) is 10.0 Å². The van der Waals surface area contributed by atoms with Gasteiger partial charge in [-0.1, -0.05) is 24.3 Å².